The zero-order valence-corrected chi connectivity index (χ0v) is 45.5. The molecule has 0 amide bonds. The van der Waals surface area contributed by atoms with Crippen LogP contribution >= 0.6 is 0 Å². The van der Waals surface area contributed by atoms with Crippen molar-refractivity contribution >= 4 is 11.4 Å². The minimum atomic E-state index is 0. The van der Waals surface area contributed by atoms with Crippen molar-refractivity contribution in [1.82, 2.24) is 0 Å². The Morgan fingerprint density at radius 3 is 1.07 bits per heavy atom. The fourth-order valence-electron chi connectivity index (χ4n) is 10.3. The molecule has 3 rings (SSSR count). The third-order valence-electron chi connectivity index (χ3n) is 14.6. The maximum absolute atomic E-state index is 11.9. The number of hydrogen-bond donors (Lipinski definition) is 0. The average molecular weight is 962 g/mol. The number of nitrogens with zero attached hydrogens (tertiary/aromatic N) is 2. The molecular formula is C64H106N2Ni. The smallest absolute Gasteiger partial charge is 0.214 e. The minimum absolute atomic E-state index is 0. The monoisotopic (exact) mass is 961 g/mol. The van der Waals surface area contributed by atoms with E-state index in [1.165, 1.54) is 273 Å². The van der Waals surface area contributed by atoms with Gasteiger partial charge in [0.15, 0.2) is 0 Å². The fourth-order valence-corrected chi connectivity index (χ4v) is 10.3. The molecule has 0 radical (unpaired) electrons. The van der Waals surface area contributed by atoms with Crippen molar-refractivity contribution in [3.05, 3.63) is 100 Å². The standard InChI is InChI=1S/C64H106N2.Ni/c1-4-7-10-13-16-18-20-22-24-26-28-30-32-34-36-38-40-43-48-58-50-46-53-60(55-58)63-57-62(52-45-42-15-12-9-6-3)64(66(63)65)61-54-47-51-59(56-61)49-44-41-39-37-35-33-31-29-27-25-23-21-19-17-14-11-8-5-2;/h45-47,50-57H,4-44,48-49H2,1-3H3;. The molecule has 2 nitrogen and oxygen atoms in total. The Hall–Kier alpha value is -2.25. The summed E-state index contributed by atoms with van der Waals surface area (Å²) in [5.41, 5.74) is 19.8. The molecule has 0 unspecified atom stereocenters. The van der Waals surface area contributed by atoms with E-state index in [0.717, 1.165) is 47.4 Å². The fraction of sp³-hybridized carbons (Fsp3) is 0.719. The molecule has 0 N–H and O–H groups in total. The van der Waals surface area contributed by atoms with E-state index in [2.05, 4.69) is 87.5 Å². The van der Waals surface area contributed by atoms with Gasteiger partial charge in [0.1, 0.15) is 0 Å². The molecule has 0 bridgehead atoms. The first kappa shape index (κ1) is 60.9. The van der Waals surface area contributed by atoms with E-state index >= 15 is 0 Å². The molecule has 0 saturated heterocycles. The molecule has 2 aromatic rings. The normalized spacial score (nSPS) is 12.8. The van der Waals surface area contributed by atoms with E-state index in [1.54, 1.807) is 0 Å². The van der Waals surface area contributed by atoms with Crippen LogP contribution in [0.1, 0.15) is 306 Å². The van der Waals surface area contributed by atoms with Crippen LogP contribution in [0.5, 0.6) is 0 Å². The summed E-state index contributed by atoms with van der Waals surface area (Å²) in [5.74, 6) is 0. The number of benzene rings is 2. The number of aryl methyl sites for hydroxylation is 2. The second-order valence-corrected chi connectivity index (χ2v) is 20.8. The zero-order valence-electron chi connectivity index (χ0n) is 44.5. The first-order chi connectivity index (χ1) is 32.7. The van der Waals surface area contributed by atoms with Crippen LogP contribution in [0, 0.1) is 0 Å². The van der Waals surface area contributed by atoms with Crippen LogP contribution in [0.3, 0.4) is 0 Å². The van der Waals surface area contributed by atoms with Gasteiger partial charge in [-0.1, -0.05) is 295 Å². The van der Waals surface area contributed by atoms with Gasteiger partial charge in [-0.15, -0.1) is 0 Å². The second kappa shape index (κ2) is 43.7. The Morgan fingerprint density at radius 1 is 0.388 bits per heavy atom. The van der Waals surface area contributed by atoms with Gasteiger partial charge in [0.2, 0.25) is 11.4 Å². The van der Waals surface area contributed by atoms with Gasteiger partial charge in [-0.3, -0.25) is 0 Å². The Morgan fingerprint density at radius 2 is 0.701 bits per heavy atom. The molecule has 0 fully saturated rings. The topological polar surface area (TPSA) is 25.3 Å². The maximum atomic E-state index is 11.9. The van der Waals surface area contributed by atoms with Crippen LogP contribution in [-0.2, 0) is 29.3 Å². The van der Waals surface area contributed by atoms with E-state index in [-0.39, 0.29) is 16.5 Å². The molecule has 3 heteroatoms. The molecule has 1 aliphatic heterocycles. The van der Waals surface area contributed by atoms with Crippen molar-refractivity contribution in [2.75, 3.05) is 0 Å². The molecular weight excluding hydrogens is 855 g/mol. The quantitative estimate of drug-likeness (QED) is 0.0359. The van der Waals surface area contributed by atoms with Gasteiger partial charge in [0, 0.05) is 33.7 Å². The van der Waals surface area contributed by atoms with Crippen molar-refractivity contribution in [3.63, 3.8) is 0 Å². The van der Waals surface area contributed by atoms with Gasteiger partial charge in [-0.05, 0) is 73.9 Å². The molecule has 1 heterocycles. The second-order valence-electron chi connectivity index (χ2n) is 20.8. The van der Waals surface area contributed by atoms with Crippen molar-refractivity contribution in [1.29, 1.82) is 0 Å². The molecule has 0 aliphatic carbocycles. The summed E-state index contributed by atoms with van der Waals surface area (Å²) in [6.07, 6.45) is 66.0. The number of hydrogen-bond acceptors (Lipinski definition) is 0. The zero-order chi connectivity index (χ0) is 46.8. The summed E-state index contributed by atoms with van der Waals surface area (Å²) in [6.45, 7) is 6.89. The van der Waals surface area contributed by atoms with Gasteiger partial charge in [-0.2, -0.15) is 0 Å². The summed E-state index contributed by atoms with van der Waals surface area (Å²) in [7, 11) is 0. The van der Waals surface area contributed by atoms with E-state index in [0.29, 0.717) is 0 Å². The summed E-state index contributed by atoms with van der Waals surface area (Å²) >= 11 is 0. The number of allylic oxidation sites excluding steroid dienone is 4. The molecule has 0 spiro atoms. The Kier molecular flexibility index (Phi) is 39.7. The summed E-state index contributed by atoms with van der Waals surface area (Å²) in [4.78, 5) is 0. The predicted molar refractivity (Wildman–Crippen MR) is 294 cm³/mol. The van der Waals surface area contributed by atoms with Crippen LogP contribution < -0.4 is 0 Å². The molecule has 382 valence electrons. The summed E-state index contributed by atoms with van der Waals surface area (Å²) < 4.78 is 1.49. The minimum Gasteiger partial charge on any atom is -0.493 e. The average Bonchev–Trinajstić information content (AvgIpc) is 3.67. The third-order valence-corrected chi connectivity index (χ3v) is 14.6. The van der Waals surface area contributed by atoms with Crippen LogP contribution in [0.15, 0.2) is 72.3 Å². The van der Waals surface area contributed by atoms with Gasteiger partial charge in [0.25, 0.3) is 0 Å². The Bertz CT molecular complexity index is 1570. The van der Waals surface area contributed by atoms with Crippen molar-refractivity contribution < 1.29 is 21.2 Å². The van der Waals surface area contributed by atoms with Crippen molar-refractivity contribution in [2.24, 2.45) is 0 Å². The number of unbranched alkanes of at least 4 members (excludes halogenated alkanes) is 38. The maximum Gasteiger partial charge on any atom is 0.214 e. The predicted octanol–water partition coefficient (Wildman–Crippen LogP) is 22.2. The Labute approximate surface area is 427 Å². The van der Waals surface area contributed by atoms with E-state index < -0.39 is 0 Å². The van der Waals surface area contributed by atoms with Crippen molar-refractivity contribution in [2.45, 2.75) is 297 Å². The van der Waals surface area contributed by atoms with E-state index in [9.17, 15) is 5.53 Å². The largest absolute Gasteiger partial charge is 0.493 e. The summed E-state index contributed by atoms with van der Waals surface area (Å²) in [5, 5.41) is 0. The molecule has 1 aliphatic rings. The van der Waals surface area contributed by atoms with Gasteiger partial charge in [-0.25, -0.2) is 4.70 Å². The number of rotatable bonds is 46. The van der Waals surface area contributed by atoms with Gasteiger partial charge >= 0.3 is 0 Å². The van der Waals surface area contributed by atoms with Gasteiger partial charge in [0.05, 0.1) is 5.57 Å². The van der Waals surface area contributed by atoms with E-state index in [1.807, 2.05) is 0 Å². The first-order valence-electron chi connectivity index (χ1n) is 29.5. The van der Waals surface area contributed by atoms with E-state index in [4.69, 9.17) is 0 Å². The SMILES string of the molecule is CCCCCCC=CC1=C(c2cccc(CCCCCCCCCCCCCCCCCCCC)c2)[N+](=[N-])C(c2cccc(CCCCCCCCCCCCCCCCCCCC)c2)=C1.[Ni]. The van der Waals surface area contributed by atoms with Crippen LogP contribution in [-0.4, -0.2) is 4.70 Å². The van der Waals surface area contributed by atoms with Crippen molar-refractivity contribution in [3.8, 4) is 0 Å². The first-order valence-corrected chi connectivity index (χ1v) is 29.5. The third kappa shape index (κ3) is 30.2. The molecule has 67 heavy (non-hydrogen) atoms. The van der Waals surface area contributed by atoms with Crippen LogP contribution in [0.4, 0.5) is 0 Å². The summed E-state index contributed by atoms with van der Waals surface area (Å²) in [6, 6.07) is 18.0. The molecule has 2 aromatic carbocycles. The van der Waals surface area contributed by atoms with Gasteiger partial charge < -0.3 is 5.53 Å². The molecule has 0 aromatic heterocycles. The Balaban J connectivity index is 0.0000154. The van der Waals surface area contributed by atoms with Crippen LogP contribution in [0.2, 0.25) is 0 Å². The molecule has 0 saturated carbocycles. The van der Waals surface area contributed by atoms with Crippen LogP contribution in [0.25, 0.3) is 16.9 Å². The molecule has 0 atom stereocenters.